The third kappa shape index (κ3) is 2.65. The highest BCUT2D eigenvalue weighted by atomic mass is 16.2. The maximum absolute atomic E-state index is 12.5. The van der Waals surface area contributed by atoms with Crippen LogP contribution in [0.2, 0.25) is 0 Å². The van der Waals surface area contributed by atoms with E-state index in [4.69, 9.17) is 0 Å². The monoisotopic (exact) mass is 302 g/mol. The molecule has 0 radical (unpaired) electrons. The zero-order chi connectivity index (χ0) is 15.7. The predicted molar refractivity (Wildman–Crippen MR) is 83.7 cm³/mol. The highest BCUT2D eigenvalue weighted by Gasteiger charge is 2.26. The first-order chi connectivity index (χ1) is 10.6. The Balaban J connectivity index is 1.79. The smallest absolute Gasteiger partial charge is 0.291 e. The van der Waals surface area contributed by atoms with Crippen LogP contribution in [0.1, 0.15) is 45.6 Å². The molecular weight excluding hydrogens is 280 g/mol. The molecule has 22 heavy (non-hydrogen) atoms. The van der Waals surface area contributed by atoms with Crippen molar-refractivity contribution in [1.29, 1.82) is 0 Å². The lowest BCUT2D eigenvalue weighted by atomic mass is 9.86. The maximum Gasteiger partial charge on any atom is 0.291 e. The number of fused-ring (bicyclic) bond motifs is 1. The van der Waals surface area contributed by atoms with Gasteiger partial charge in [-0.2, -0.15) is 5.10 Å². The molecule has 118 valence electrons. The van der Waals surface area contributed by atoms with Crippen LogP contribution >= 0.6 is 0 Å². The number of carbonyl (C=O) groups excluding carboxylic acids is 1. The van der Waals surface area contributed by atoms with Crippen molar-refractivity contribution in [1.82, 2.24) is 19.5 Å². The lowest BCUT2D eigenvalue weighted by Gasteiger charge is -2.30. The molecule has 3 rings (SSSR count). The molecule has 0 spiro atoms. The van der Waals surface area contributed by atoms with E-state index in [-0.39, 0.29) is 17.5 Å². The van der Waals surface area contributed by atoms with Gasteiger partial charge in [-0.25, -0.2) is 4.68 Å². The molecule has 2 heterocycles. The fourth-order valence-electron chi connectivity index (χ4n) is 3.18. The SMILES string of the molecule is CC1CCCCC1NC(=O)C(C)n1ncn2cccc2c1=O. The first-order valence-corrected chi connectivity index (χ1v) is 7.93. The van der Waals surface area contributed by atoms with Crippen LogP contribution in [0.25, 0.3) is 5.52 Å². The van der Waals surface area contributed by atoms with Crippen molar-refractivity contribution >= 4 is 11.4 Å². The fourth-order valence-corrected chi connectivity index (χ4v) is 3.18. The van der Waals surface area contributed by atoms with Crippen molar-refractivity contribution in [3.63, 3.8) is 0 Å². The van der Waals surface area contributed by atoms with E-state index in [2.05, 4.69) is 17.3 Å². The summed E-state index contributed by atoms with van der Waals surface area (Å²) < 4.78 is 2.92. The van der Waals surface area contributed by atoms with Gasteiger partial charge in [0.05, 0.1) is 0 Å². The van der Waals surface area contributed by atoms with Crippen LogP contribution in [0.15, 0.2) is 29.5 Å². The Morgan fingerprint density at radius 1 is 1.41 bits per heavy atom. The van der Waals surface area contributed by atoms with Crippen LogP contribution in [-0.2, 0) is 4.79 Å². The van der Waals surface area contributed by atoms with E-state index in [9.17, 15) is 9.59 Å². The molecule has 1 aliphatic rings. The summed E-state index contributed by atoms with van der Waals surface area (Å²) in [5, 5.41) is 7.21. The van der Waals surface area contributed by atoms with E-state index in [1.165, 1.54) is 11.1 Å². The lowest BCUT2D eigenvalue weighted by Crippen LogP contribution is -2.45. The minimum atomic E-state index is -0.610. The molecule has 0 bridgehead atoms. The van der Waals surface area contributed by atoms with Gasteiger partial charge in [0.1, 0.15) is 17.9 Å². The third-order valence-corrected chi connectivity index (χ3v) is 4.69. The Morgan fingerprint density at radius 2 is 2.18 bits per heavy atom. The molecule has 3 atom stereocenters. The van der Waals surface area contributed by atoms with Crippen molar-refractivity contribution in [2.45, 2.75) is 51.6 Å². The summed E-state index contributed by atoms with van der Waals surface area (Å²) in [4.78, 5) is 24.9. The molecule has 0 aromatic carbocycles. The topological polar surface area (TPSA) is 68.4 Å². The fraction of sp³-hybridized carbons (Fsp3) is 0.562. The Bertz CT molecular complexity index is 733. The molecule has 0 aliphatic heterocycles. The highest BCUT2D eigenvalue weighted by Crippen LogP contribution is 2.24. The number of rotatable bonds is 3. The normalized spacial score (nSPS) is 23.4. The van der Waals surface area contributed by atoms with Crippen molar-refractivity contribution in [3.05, 3.63) is 35.0 Å². The zero-order valence-corrected chi connectivity index (χ0v) is 13.0. The van der Waals surface area contributed by atoms with E-state index >= 15 is 0 Å². The van der Waals surface area contributed by atoms with Gasteiger partial charge in [-0.05, 0) is 37.8 Å². The van der Waals surface area contributed by atoms with Gasteiger partial charge < -0.3 is 9.72 Å². The zero-order valence-electron chi connectivity index (χ0n) is 13.0. The Hall–Kier alpha value is -2.11. The molecule has 6 heteroatoms. The number of hydrogen-bond donors (Lipinski definition) is 1. The average Bonchev–Trinajstić information content (AvgIpc) is 2.99. The van der Waals surface area contributed by atoms with Gasteiger partial charge in [0.25, 0.3) is 5.56 Å². The second-order valence-electron chi connectivity index (χ2n) is 6.23. The Labute approximate surface area is 129 Å². The van der Waals surface area contributed by atoms with Gasteiger partial charge in [-0.3, -0.25) is 9.59 Å². The van der Waals surface area contributed by atoms with E-state index in [1.807, 2.05) is 0 Å². The molecule has 1 amide bonds. The average molecular weight is 302 g/mol. The summed E-state index contributed by atoms with van der Waals surface area (Å²) in [6.45, 7) is 3.89. The predicted octanol–water partition coefficient (Wildman–Crippen LogP) is 1.75. The van der Waals surface area contributed by atoms with Crippen LogP contribution in [0.4, 0.5) is 0 Å². The van der Waals surface area contributed by atoms with Gasteiger partial charge in [-0.1, -0.05) is 19.8 Å². The van der Waals surface area contributed by atoms with Crippen LogP contribution in [0.3, 0.4) is 0 Å². The lowest BCUT2D eigenvalue weighted by molar-refractivity contribution is -0.125. The second-order valence-corrected chi connectivity index (χ2v) is 6.23. The molecule has 1 aliphatic carbocycles. The molecule has 1 fully saturated rings. The van der Waals surface area contributed by atoms with Gasteiger partial charge in [0, 0.05) is 12.2 Å². The van der Waals surface area contributed by atoms with Crippen molar-refractivity contribution in [2.24, 2.45) is 5.92 Å². The Kier molecular flexibility index (Phi) is 4.00. The number of carbonyl (C=O) groups is 1. The van der Waals surface area contributed by atoms with Crippen molar-refractivity contribution in [2.75, 3.05) is 0 Å². The van der Waals surface area contributed by atoms with Gasteiger partial charge >= 0.3 is 0 Å². The van der Waals surface area contributed by atoms with Gasteiger partial charge in [-0.15, -0.1) is 0 Å². The molecule has 2 aromatic heterocycles. The quantitative estimate of drug-likeness (QED) is 0.939. The third-order valence-electron chi connectivity index (χ3n) is 4.69. The van der Waals surface area contributed by atoms with Crippen molar-refractivity contribution < 1.29 is 4.79 Å². The van der Waals surface area contributed by atoms with Crippen LogP contribution in [0.5, 0.6) is 0 Å². The summed E-state index contributed by atoms with van der Waals surface area (Å²) in [5.74, 6) is 0.354. The molecule has 0 saturated heterocycles. The minimum absolute atomic E-state index is 0.135. The van der Waals surface area contributed by atoms with E-state index in [0.717, 1.165) is 19.3 Å². The Morgan fingerprint density at radius 3 is 2.95 bits per heavy atom. The molecule has 2 aromatic rings. The van der Waals surface area contributed by atoms with E-state index in [1.54, 1.807) is 36.0 Å². The summed E-state index contributed by atoms with van der Waals surface area (Å²) in [6.07, 6.45) is 7.87. The summed E-state index contributed by atoms with van der Waals surface area (Å²) >= 11 is 0. The molecule has 1 saturated carbocycles. The molecule has 1 N–H and O–H groups in total. The van der Waals surface area contributed by atoms with Crippen LogP contribution in [0, 0.1) is 5.92 Å². The minimum Gasteiger partial charge on any atom is -0.351 e. The van der Waals surface area contributed by atoms with Gasteiger partial charge in [0.15, 0.2) is 0 Å². The number of amides is 1. The second kappa shape index (κ2) is 5.94. The first-order valence-electron chi connectivity index (χ1n) is 7.93. The van der Waals surface area contributed by atoms with E-state index < -0.39 is 6.04 Å². The molecular formula is C16H22N4O2. The molecule has 6 nitrogen and oxygen atoms in total. The summed E-state index contributed by atoms with van der Waals surface area (Å²) in [5.41, 5.74) is 0.285. The van der Waals surface area contributed by atoms with Crippen molar-refractivity contribution in [3.8, 4) is 0 Å². The van der Waals surface area contributed by atoms with Crippen LogP contribution < -0.4 is 10.9 Å². The molecule has 3 unspecified atom stereocenters. The number of nitrogens with zero attached hydrogens (tertiary/aromatic N) is 3. The summed E-state index contributed by atoms with van der Waals surface area (Å²) in [6, 6.07) is 3.11. The first kappa shape index (κ1) is 14.8. The van der Waals surface area contributed by atoms with E-state index in [0.29, 0.717) is 11.4 Å². The number of hydrogen-bond acceptors (Lipinski definition) is 3. The summed E-state index contributed by atoms with van der Waals surface area (Å²) in [7, 11) is 0. The standard InChI is InChI=1S/C16H22N4O2/c1-11-6-3-4-7-13(11)18-15(21)12(2)20-16(22)14-8-5-9-19(14)10-17-20/h5,8-13H,3-4,6-7H2,1-2H3,(H,18,21). The van der Waals surface area contributed by atoms with Gasteiger partial charge in [0.2, 0.25) is 5.91 Å². The highest BCUT2D eigenvalue weighted by molar-refractivity contribution is 5.80. The largest absolute Gasteiger partial charge is 0.351 e. The van der Waals surface area contributed by atoms with Crippen LogP contribution in [-0.4, -0.2) is 26.1 Å². The maximum atomic E-state index is 12.5. The number of aromatic nitrogens is 3. The number of nitrogens with one attached hydrogen (secondary N) is 1.